The van der Waals surface area contributed by atoms with Crippen LogP contribution >= 0.6 is 0 Å². The average molecular weight is 244 g/mol. The maximum Gasteiger partial charge on any atom is 0.331 e. The van der Waals surface area contributed by atoms with E-state index in [4.69, 9.17) is 0 Å². The molecule has 2 aromatic rings. The van der Waals surface area contributed by atoms with Crippen LogP contribution in [0, 0.1) is 0 Å². The third kappa shape index (κ3) is 2.59. The van der Waals surface area contributed by atoms with Crippen molar-refractivity contribution in [3.8, 4) is 0 Å². The number of benzene rings is 1. The lowest BCUT2D eigenvalue weighted by Gasteiger charge is -2.08. The molecule has 0 saturated carbocycles. The molecular weight excluding hydrogens is 228 g/mol. The summed E-state index contributed by atoms with van der Waals surface area (Å²) in [6.45, 7) is 2.95. The maximum absolute atomic E-state index is 12.1. The molecule has 4 nitrogen and oxygen atoms in total. The molecule has 4 heteroatoms. The molecule has 0 fully saturated rings. The van der Waals surface area contributed by atoms with Crippen LogP contribution < -0.4 is 11.2 Å². The van der Waals surface area contributed by atoms with Gasteiger partial charge in [-0.3, -0.25) is 9.36 Å². The van der Waals surface area contributed by atoms with E-state index in [2.05, 4.69) is 0 Å². The summed E-state index contributed by atoms with van der Waals surface area (Å²) in [7, 11) is 0. The Hall–Kier alpha value is -2.10. The number of aryl methyl sites for hydroxylation is 1. The van der Waals surface area contributed by atoms with Crippen molar-refractivity contribution in [1.29, 1.82) is 0 Å². The second kappa shape index (κ2) is 5.49. The van der Waals surface area contributed by atoms with Crippen LogP contribution in [0.15, 0.2) is 52.2 Å². The summed E-state index contributed by atoms with van der Waals surface area (Å²) in [5, 5.41) is 0. The molecule has 0 unspecified atom stereocenters. The highest BCUT2D eigenvalue weighted by Crippen LogP contribution is 1.98. The predicted octanol–water partition coefficient (Wildman–Crippen LogP) is 1.47. The van der Waals surface area contributed by atoms with Gasteiger partial charge in [0, 0.05) is 18.8 Å². The lowest BCUT2D eigenvalue weighted by molar-refractivity contribution is 0.571. The highest BCUT2D eigenvalue weighted by molar-refractivity contribution is 5.15. The normalized spacial score (nSPS) is 10.5. The van der Waals surface area contributed by atoms with Crippen LogP contribution in [0.2, 0.25) is 0 Å². The quantitative estimate of drug-likeness (QED) is 0.817. The van der Waals surface area contributed by atoms with Crippen molar-refractivity contribution in [2.75, 3.05) is 0 Å². The molecule has 2 rings (SSSR count). The zero-order valence-electron chi connectivity index (χ0n) is 10.4. The van der Waals surface area contributed by atoms with Crippen LogP contribution in [0.4, 0.5) is 0 Å². The molecule has 0 aliphatic carbocycles. The SMILES string of the molecule is CCCn1ccc(=O)n(Cc2ccccc2)c1=O. The molecule has 0 radical (unpaired) electrons. The molecule has 1 aromatic heterocycles. The van der Waals surface area contributed by atoms with Crippen LogP contribution in [-0.4, -0.2) is 9.13 Å². The van der Waals surface area contributed by atoms with Gasteiger partial charge < -0.3 is 4.57 Å². The van der Waals surface area contributed by atoms with E-state index >= 15 is 0 Å². The zero-order valence-corrected chi connectivity index (χ0v) is 10.4. The Labute approximate surface area is 105 Å². The first kappa shape index (κ1) is 12.4. The van der Waals surface area contributed by atoms with Gasteiger partial charge in [-0.15, -0.1) is 0 Å². The average Bonchev–Trinajstić information content (AvgIpc) is 2.39. The van der Waals surface area contributed by atoms with E-state index in [1.807, 2.05) is 37.3 Å². The Morgan fingerprint density at radius 1 is 1.06 bits per heavy atom. The van der Waals surface area contributed by atoms with E-state index < -0.39 is 0 Å². The topological polar surface area (TPSA) is 44.0 Å². The standard InChI is InChI=1S/C14H16N2O2/c1-2-9-15-10-8-13(17)16(14(15)18)11-12-6-4-3-5-7-12/h3-8,10H,2,9,11H2,1H3. The molecule has 1 aromatic carbocycles. The summed E-state index contributed by atoms with van der Waals surface area (Å²) >= 11 is 0. The summed E-state index contributed by atoms with van der Waals surface area (Å²) in [5.41, 5.74) is 0.454. The molecule has 18 heavy (non-hydrogen) atoms. The molecule has 0 N–H and O–H groups in total. The second-order valence-corrected chi connectivity index (χ2v) is 4.20. The largest absolute Gasteiger partial charge is 0.331 e. The smallest absolute Gasteiger partial charge is 0.300 e. The van der Waals surface area contributed by atoms with Crippen molar-refractivity contribution in [3.63, 3.8) is 0 Å². The third-order valence-electron chi connectivity index (χ3n) is 2.79. The van der Waals surface area contributed by atoms with Crippen molar-refractivity contribution in [1.82, 2.24) is 9.13 Å². The number of rotatable bonds is 4. The van der Waals surface area contributed by atoms with Gasteiger partial charge in [0.1, 0.15) is 0 Å². The first-order chi connectivity index (χ1) is 8.72. The van der Waals surface area contributed by atoms with Gasteiger partial charge in [-0.25, -0.2) is 4.79 Å². The maximum atomic E-state index is 12.1. The Kier molecular flexibility index (Phi) is 3.77. The van der Waals surface area contributed by atoms with Gasteiger partial charge in [0.2, 0.25) is 0 Å². The van der Waals surface area contributed by atoms with Crippen LogP contribution in [0.5, 0.6) is 0 Å². The number of hydrogen-bond donors (Lipinski definition) is 0. The number of nitrogens with zero attached hydrogens (tertiary/aromatic N) is 2. The molecule has 0 saturated heterocycles. The lowest BCUT2D eigenvalue weighted by atomic mass is 10.2. The van der Waals surface area contributed by atoms with Gasteiger partial charge in [0.25, 0.3) is 5.56 Å². The highest BCUT2D eigenvalue weighted by atomic mass is 16.2. The minimum absolute atomic E-state index is 0.242. The van der Waals surface area contributed by atoms with E-state index in [-0.39, 0.29) is 11.2 Å². The van der Waals surface area contributed by atoms with Crippen LogP contribution in [0.1, 0.15) is 18.9 Å². The second-order valence-electron chi connectivity index (χ2n) is 4.20. The molecule has 94 valence electrons. The van der Waals surface area contributed by atoms with Crippen LogP contribution in [-0.2, 0) is 13.1 Å². The monoisotopic (exact) mass is 244 g/mol. The minimum atomic E-state index is -0.254. The van der Waals surface area contributed by atoms with E-state index in [1.165, 1.54) is 10.6 Å². The Bertz CT molecular complexity index is 626. The van der Waals surface area contributed by atoms with Crippen molar-refractivity contribution < 1.29 is 0 Å². The first-order valence-corrected chi connectivity index (χ1v) is 6.06. The Morgan fingerprint density at radius 2 is 1.78 bits per heavy atom. The lowest BCUT2D eigenvalue weighted by Crippen LogP contribution is -2.39. The van der Waals surface area contributed by atoms with E-state index in [1.54, 1.807) is 10.8 Å². The number of aromatic nitrogens is 2. The van der Waals surface area contributed by atoms with Gasteiger partial charge in [-0.1, -0.05) is 37.3 Å². The van der Waals surface area contributed by atoms with Crippen molar-refractivity contribution in [3.05, 3.63) is 69.0 Å². The van der Waals surface area contributed by atoms with Crippen molar-refractivity contribution >= 4 is 0 Å². The van der Waals surface area contributed by atoms with Crippen molar-refractivity contribution in [2.24, 2.45) is 0 Å². The first-order valence-electron chi connectivity index (χ1n) is 6.06. The fourth-order valence-electron chi connectivity index (χ4n) is 1.88. The van der Waals surface area contributed by atoms with Gasteiger partial charge in [-0.05, 0) is 12.0 Å². The molecule has 0 atom stereocenters. The summed E-state index contributed by atoms with van der Waals surface area (Å²) in [5.74, 6) is 0. The summed E-state index contributed by atoms with van der Waals surface area (Å²) in [6, 6.07) is 11.0. The van der Waals surface area contributed by atoms with Gasteiger partial charge in [0.05, 0.1) is 6.54 Å². The summed E-state index contributed by atoms with van der Waals surface area (Å²) in [4.78, 5) is 23.9. The molecule has 0 aliphatic heterocycles. The van der Waals surface area contributed by atoms with E-state index in [0.717, 1.165) is 12.0 Å². The molecule has 0 spiro atoms. The van der Waals surface area contributed by atoms with Gasteiger partial charge >= 0.3 is 5.69 Å². The van der Waals surface area contributed by atoms with Gasteiger partial charge in [0.15, 0.2) is 0 Å². The van der Waals surface area contributed by atoms with E-state index in [0.29, 0.717) is 13.1 Å². The summed E-state index contributed by atoms with van der Waals surface area (Å²) < 4.78 is 2.84. The fourth-order valence-corrected chi connectivity index (χ4v) is 1.88. The highest BCUT2D eigenvalue weighted by Gasteiger charge is 2.05. The number of hydrogen-bond acceptors (Lipinski definition) is 2. The summed E-state index contributed by atoms with van der Waals surface area (Å²) in [6.07, 6.45) is 2.43. The van der Waals surface area contributed by atoms with Crippen molar-refractivity contribution in [2.45, 2.75) is 26.4 Å². The molecule has 0 bridgehead atoms. The van der Waals surface area contributed by atoms with Crippen LogP contribution in [0.3, 0.4) is 0 Å². The Balaban J connectivity index is 2.41. The van der Waals surface area contributed by atoms with Gasteiger partial charge in [-0.2, -0.15) is 0 Å². The minimum Gasteiger partial charge on any atom is -0.300 e. The predicted molar refractivity (Wildman–Crippen MR) is 70.8 cm³/mol. The van der Waals surface area contributed by atoms with Crippen LogP contribution in [0.25, 0.3) is 0 Å². The molecular formula is C14H16N2O2. The molecule has 1 heterocycles. The zero-order chi connectivity index (χ0) is 13.0. The third-order valence-corrected chi connectivity index (χ3v) is 2.79. The molecule has 0 amide bonds. The van der Waals surface area contributed by atoms with E-state index in [9.17, 15) is 9.59 Å². The Morgan fingerprint density at radius 3 is 2.44 bits per heavy atom. The molecule has 0 aliphatic rings. The fraction of sp³-hybridized carbons (Fsp3) is 0.286.